The largest absolute Gasteiger partial charge is 0.385 e. The molecule has 2 atom stereocenters. The molecule has 0 saturated carbocycles. The van der Waals surface area contributed by atoms with E-state index in [0.717, 1.165) is 24.8 Å². The zero-order valence-electron chi connectivity index (χ0n) is 8.96. The van der Waals surface area contributed by atoms with E-state index in [1.54, 1.807) is 0 Å². The Balaban J connectivity index is 2.47. The van der Waals surface area contributed by atoms with Crippen molar-refractivity contribution in [3.05, 3.63) is 35.4 Å². The van der Waals surface area contributed by atoms with Crippen LogP contribution in [-0.2, 0) is 12.0 Å². The number of hydrogen-bond donors (Lipinski definition) is 1. The first kappa shape index (κ1) is 9.72. The van der Waals surface area contributed by atoms with Gasteiger partial charge < -0.3 is 5.11 Å². The molecular weight excluding hydrogens is 172 g/mol. The van der Waals surface area contributed by atoms with Crippen LogP contribution in [0.1, 0.15) is 37.8 Å². The van der Waals surface area contributed by atoms with E-state index in [1.165, 1.54) is 5.56 Å². The molecule has 2 unspecified atom stereocenters. The van der Waals surface area contributed by atoms with E-state index in [2.05, 4.69) is 32.0 Å². The summed E-state index contributed by atoms with van der Waals surface area (Å²) in [5.41, 5.74) is 1.93. The molecule has 0 radical (unpaired) electrons. The smallest absolute Gasteiger partial charge is 0.0927 e. The standard InChI is InChI=1S/C13H18O/c1-3-11-9-10-7-5-6-8-12(10)13(11,14)4-2/h5-8,11,14H,3-4,9H2,1-2H3. The Bertz CT molecular complexity index is 332. The van der Waals surface area contributed by atoms with Crippen LogP contribution in [0.2, 0.25) is 0 Å². The summed E-state index contributed by atoms with van der Waals surface area (Å²) in [4.78, 5) is 0. The zero-order chi connectivity index (χ0) is 10.2. The molecule has 0 fully saturated rings. The highest BCUT2D eigenvalue weighted by Crippen LogP contribution is 2.44. The topological polar surface area (TPSA) is 20.2 Å². The van der Waals surface area contributed by atoms with Crippen LogP contribution < -0.4 is 0 Å². The summed E-state index contributed by atoms with van der Waals surface area (Å²) in [6.45, 7) is 4.24. The van der Waals surface area contributed by atoms with Crippen molar-refractivity contribution in [2.24, 2.45) is 5.92 Å². The van der Waals surface area contributed by atoms with Crippen molar-refractivity contribution in [2.75, 3.05) is 0 Å². The second-order valence-corrected chi connectivity index (χ2v) is 4.24. The van der Waals surface area contributed by atoms with E-state index in [9.17, 15) is 5.11 Å². The molecule has 0 amide bonds. The highest BCUT2D eigenvalue weighted by atomic mass is 16.3. The van der Waals surface area contributed by atoms with Gasteiger partial charge in [-0.25, -0.2) is 0 Å². The van der Waals surface area contributed by atoms with Gasteiger partial charge in [-0.2, -0.15) is 0 Å². The van der Waals surface area contributed by atoms with Crippen molar-refractivity contribution in [1.29, 1.82) is 0 Å². The fraction of sp³-hybridized carbons (Fsp3) is 0.538. The van der Waals surface area contributed by atoms with Crippen molar-refractivity contribution in [3.8, 4) is 0 Å². The van der Waals surface area contributed by atoms with Crippen LogP contribution in [-0.4, -0.2) is 5.11 Å². The number of fused-ring (bicyclic) bond motifs is 1. The Kier molecular flexibility index (Phi) is 2.36. The van der Waals surface area contributed by atoms with Crippen LogP contribution in [0, 0.1) is 5.92 Å². The maximum atomic E-state index is 10.6. The first-order chi connectivity index (χ1) is 6.72. The van der Waals surface area contributed by atoms with Crippen molar-refractivity contribution < 1.29 is 5.11 Å². The van der Waals surface area contributed by atoms with Crippen LogP contribution >= 0.6 is 0 Å². The molecule has 1 N–H and O–H groups in total. The lowest BCUT2D eigenvalue weighted by Gasteiger charge is -2.29. The number of aliphatic hydroxyl groups is 1. The molecule has 1 aromatic rings. The molecule has 0 aromatic heterocycles. The highest BCUT2D eigenvalue weighted by Gasteiger charge is 2.42. The molecule has 1 aliphatic carbocycles. The lowest BCUT2D eigenvalue weighted by Crippen LogP contribution is -2.30. The van der Waals surface area contributed by atoms with Crippen LogP contribution in [0.15, 0.2) is 24.3 Å². The first-order valence-corrected chi connectivity index (χ1v) is 5.53. The molecule has 0 saturated heterocycles. The third kappa shape index (κ3) is 1.19. The van der Waals surface area contributed by atoms with Gasteiger partial charge >= 0.3 is 0 Å². The van der Waals surface area contributed by atoms with Crippen molar-refractivity contribution in [3.63, 3.8) is 0 Å². The van der Waals surface area contributed by atoms with Gasteiger partial charge in [0.1, 0.15) is 0 Å². The Hall–Kier alpha value is -0.820. The normalized spacial score (nSPS) is 30.4. The van der Waals surface area contributed by atoms with Gasteiger partial charge in [-0.3, -0.25) is 0 Å². The molecule has 0 spiro atoms. The van der Waals surface area contributed by atoms with E-state index >= 15 is 0 Å². The molecule has 0 bridgehead atoms. The summed E-state index contributed by atoms with van der Waals surface area (Å²) in [6.07, 6.45) is 2.92. The van der Waals surface area contributed by atoms with Gasteiger partial charge in [-0.15, -0.1) is 0 Å². The molecule has 1 aromatic carbocycles. The summed E-state index contributed by atoms with van der Waals surface area (Å²) in [5, 5.41) is 10.6. The van der Waals surface area contributed by atoms with Gasteiger partial charge in [-0.1, -0.05) is 38.1 Å². The maximum absolute atomic E-state index is 10.6. The molecule has 2 rings (SSSR count). The van der Waals surface area contributed by atoms with Gasteiger partial charge in [0, 0.05) is 0 Å². The summed E-state index contributed by atoms with van der Waals surface area (Å²) in [7, 11) is 0. The summed E-state index contributed by atoms with van der Waals surface area (Å²) in [5.74, 6) is 0.407. The fourth-order valence-electron chi connectivity index (χ4n) is 2.74. The Morgan fingerprint density at radius 3 is 2.71 bits per heavy atom. The average Bonchev–Trinajstić information content (AvgIpc) is 2.53. The number of benzene rings is 1. The van der Waals surface area contributed by atoms with Gasteiger partial charge in [0.05, 0.1) is 5.60 Å². The Morgan fingerprint density at radius 2 is 2.07 bits per heavy atom. The Labute approximate surface area is 85.8 Å². The van der Waals surface area contributed by atoms with E-state index in [4.69, 9.17) is 0 Å². The van der Waals surface area contributed by atoms with Crippen molar-refractivity contribution >= 4 is 0 Å². The SMILES string of the molecule is CCC1Cc2ccccc2C1(O)CC. The maximum Gasteiger partial charge on any atom is 0.0927 e. The Morgan fingerprint density at radius 1 is 1.36 bits per heavy atom. The predicted octanol–water partition coefficient (Wildman–Crippen LogP) is 2.87. The highest BCUT2D eigenvalue weighted by molar-refractivity contribution is 5.38. The fourth-order valence-corrected chi connectivity index (χ4v) is 2.74. The van der Waals surface area contributed by atoms with E-state index in [-0.39, 0.29) is 0 Å². The third-order valence-electron chi connectivity index (χ3n) is 3.66. The second-order valence-electron chi connectivity index (χ2n) is 4.24. The summed E-state index contributed by atoms with van der Waals surface area (Å²) >= 11 is 0. The quantitative estimate of drug-likeness (QED) is 0.760. The van der Waals surface area contributed by atoms with E-state index < -0.39 is 5.60 Å². The lowest BCUT2D eigenvalue weighted by molar-refractivity contribution is -0.0165. The van der Waals surface area contributed by atoms with Gasteiger partial charge in [-0.05, 0) is 36.3 Å². The number of rotatable bonds is 2. The van der Waals surface area contributed by atoms with E-state index in [1.807, 2.05) is 6.07 Å². The molecule has 76 valence electrons. The van der Waals surface area contributed by atoms with Crippen LogP contribution in [0.4, 0.5) is 0 Å². The van der Waals surface area contributed by atoms with Gasteiger partial charge in [0.25, 0.3) is 0 Å². The average molecular weight is 190 g/mol. The molecule has 1 nitrogen and oxygen atoms in total. The van der Waals surface area contributed by atoms with Crippen LogP contribution in [0.5, 0.6) is 0 Å². The van der Waals surface area contributed by atoms with E-state index in [0.29, 0.717) is 5.92 Å². The summed E-state index contributed by atoms with van der Waals surface area (Å²) < 4.78 is 0. The molecule has 1 aliphatic rings. The minimum absolute atomic E-state index is 0.407. The van der Waals surface area contributed by atoms with Crippen molar-refractivity contribution in [1.82, 2.24) is 0 Å². The zero-order valence-corrected chi connectivity index (χ0v) is 8.96. The summed E-state index contributed by atoms with van der Waals surface area (Å²) in [6, 6.07) is 8.31. The molecule has 0 heterocycles. The monoisotopic (exact) mass is 190 g/mol. The number of hydrogen-bond acceptors (Lipinski definition) is 1. The third-order valence-corrected chi connectivity index (χ3v) is 3.66. The van der Waals surface area contributed by atoms with Gasteiger partial charge in [0.15, 0.2) is 0 Å². The first-order valence-electron chi connectivity index (χ1n) is 5.53. The van der Waals surface area contributed by atoms with Crippen molar-refractivity contribution in [2.45, 2.75) is 38.7 Å². The minimum atomic E-state index is -0.564. The lowest BCUT2D eigenvalue weighted by atomic mass is 9.83. The molecule has 1 heteroatoms. The molecule has 0 aliphatic heterocycles. The van der Waals surface area contributed by atoms with Gasteiger partial charge in [0.2, 0.25) is 0 Å². The van der Waals surface area contributed by atoms with Crippen LogP contribution in [0.25, 0.3) is 0 Å². The molecule has 14 heavy (non-hydrogen) atoms. The molecular formula is C13H18O. The minimum Gasteiger partial charge on any atom is -0.385 e. The second kappa shape index (κ2) is 3.39. The predicted molar refractivity (Wildman–Crippen MR) is 58.1 cm³/mol. The van der Waals surface area contributed by atoms with Crippen LogP contribution in [0.3, 0.4) is 0 Å².